The van der Waals surface area contributed by atoms with Gasteiger partial charge in [0.2, 0.25) is 0 Å². The van der Waals surface area contributed by atoms with Gasteiger partial charge < -0.3 is 19.7 Å². The minimum atomic E-state index is -0.232. The topological polar surface area (TPSA) is 50.8 Å². The zero-order chi connectivity index (χ0) is 19.9. The third-order valence-corrected chi connectivity index (χ3v) is 4.97. The van der Waals surface area contributed by atoms with Crippen LogP contribution >= 0.6 is 11.6 Å². The highest BCUT2D eigenvalue weighted by Gasteiger charge is 2.15. The Kier molecular flexibility index (Phi) is 7.04. The summed E-state index contributed by atoms with van der Waals surface area (Å²) in [5.41, 5.74) is 2.16. The fraction of sp³-hybridized carbons (Fsp3) is 0.409. The molecule has 1 saturated heterocycles. The molecule has 0 aromatic heterocycles. The number of nitrogens with one attached hydrogen (secondary N) is 1. The summed E-state index contributed by atoms with van der Waals surface area (Å²) in [6.07, 6.45) is 3.65. The fourth-order valence-electron chi connectivity index (χ4n) is 3.38. The van der Waals surface area contributed by atoms with Gasteiger partial charge in [-0.05, 0) is 63.4 Å². The minimum absolute atomic E-state index is 0.232. The normalized spacial score (nSPS) is 13.9. The van der Waals surface area contributed by atoms with Gasteiger partial charge in [-0.2, -0.15) is 0 Å². The first-order valence-electron chi connectivity index (χ1n) is 9.87. The van der Waals surface area contributed by atoms with Gasteiger partial charge in [0.25, 0.3) is 5.91 Å². The number of halogens is 1. The molecule has 1 aliphatic heterocycles. The highest BCUT2D eigenvalue weighted by Crippen LogP contribution is 2.31. The van der Waals surface area contributed by atoms with Crippen LogP contribution in [0.5, 0.6) is 11.5 Å². The summed E-state index contributed by atoms with van der Waals surface area (Å²) in [5, 5.41) is 3.57. The quantitative estimate of drug-likeness (QED) is 0.675. The lowest BCUT2D eigenvalue weighted by Gasteiger charge is -2.29. The molecular weight excluding hydrogens is 376 g/mol. The van der Waals surface area contributed by atoms with Gasteiger partial charge in [-0.3, -0.25) is 4.79 Å². The Morgan fingerprint density at radius 2 is 1.64 bits per heavy atom. The summed E-state index contributed by atoms with van der Waals surface area (Å²) >= 11 is 6.49. The number of carbonyl (C=O) groups is 1. The number of amides is 1. The van der Waals surface area contributed by atoms with E-state index < -0.39 is 0 Å². The standard InChI is InChI=1S/C22H27ClN2O3/c1-3-27-18-12-16(13-19(15-18)28-4-2)22(26)24-17-8-9-21(20(23)14-17)25-10-6-5-7-11-25/h8-9,12-15H,3-7,10-11H2,1-2H3,(H,24,26). The molecule has 1 heterocycles. The predicted octanol–water partition coefficient (Wildman–Crippen LogP) is 5.38. The number of anilines is 2. The summed E-state index contributed by atoms with van der Waals surface area (Å²) < 4.78 is 11.1. The van der Waals surface area contributed by atoms with Gasteiger partial charge in [-0.15, -0.1) is 0 Å². The molecule has 28 heavy (non-hydrogen) atoms. The first-order valence-corrected chi connectivity index (χ1v) is 10.2. The lowest BCUT2D eigenvalue weighted by molar-refractivity contribution is 0.102. The molecule has 1 aliphatic rings. The molecule has 1 N–H and O–H groups in total. The Balaban J connectivity index is 1.76. The van der Waals surface area contributed by atoms with E-state index in [9.17, 15) is 4.79 Å². The molecule has 150 valence electrons. The van der Waals surface area contributed by atoms with Gasteiger partial charge in [-0.25, -0.2) is 0 Å². The van der Waals surface area contributed by atoms with E-state index in [1.807, 2.05) is 26.0 Å². The molecule has 5 nitrogen and oxygen atoms in total. The SMILES string of the molecule is CCOc1cc(OCC)cc(C(=O)Nc2ccc(N3CCCCC3)c(Cl)c2)c1. The molecule has 0 radical (unpaired) electrons. The van der Waals surface area contributed by atoms with Crippen LogP contribution in [0, 0.1) is 0 Å². The number of nitrogens with zero attached hydrogens (tertiary/aromatic N) is 1. The predicted molar refractivity (Wildman–Crippen MR) is 114 cm³/mol. The van der Waals surface area contributed by atoms with Crippen molar-refractivity contribution >= 4 is 28.9 Å². The molecule has 1 fully saturated rings. The second kappa shape index (κ2) is 9.69. The molecule has 1 amide bonds. The van der Waals surface area contributed by atoms with Crippen molar-refractivity contribution < 1.29 is 14.3 Å². The lowest BCUT2D eigenvalue weighted by atomic mass is 10.1. The van der Waals surface area contributed by atoms with Crippen LogP contribution in [0.1, 0.15) is 43.5 Å². The van der Waals surface area contributed by atoms with E-state index in [1.165, 1.54) is 19.3 Å². The number of benzene rings is 2. The Hall–Kier alpha value is -2.40. The third kappa shape index (κ3) is 5.10. The largest absolute Gasteiger partial charge is 0.494 e. The summed E-state index contributed by atoms with van der Waals surface area (Å²) in [6.45, 7) is 6.89. The number of ether oxygens (including phenoxy) is 2. The molecule has 0 spiro atoms. The molecule has 2 aromatic rings. The average molecular weight is 403 g/mol. The molecule has 0 unspecified atom stereocenters. The maximum Gasteiger partial charge on any atom is 0.255 e. The zero-order valence-electron chi connectivity index (χ0n) is 16.5. The maximum atomic E-state index is 12.7. The molecule has 0 saturated carbocycles. The number of hydrogen-bond donors (Lipinski definition) is 1. The lowest BCUT2D eigenvalue weighted by Crippen LogP contribution is -2.29. The second-order valence-electron chi connectivity index (χ2n) is 6.73. The number of carbonyl (C=O) groups excluding carboxylic acids is 1. The first kappa shape index (κ1) is 20.3. The van der Waals surface area contributed by atoms with Crippen molar-refractivity contribution in [3.8, 4) is 11.5 Å². The fourth-order valence-corrected chi connectivity index (χ4v) is 3.68. The minimum Gasteiger partial charge on any atom is -0.494 e. The van der Waals surface area contributed by atoms with Gasteiger partial charge in [-0.1, -0.05) is 11.6 Å². The molecule has 0 bridgehead atoms. The Labute approximate surface area is 171 Å². The van der Waals surface area contributed by atoms with Gasteiger partial charge in [0.1, 0.15) is 11.5 Å². The van der Waals surface area contributed by atoms with Gasteiger partial charge >= 0.3 is 0 Å². The zero-order valence-corrected chi connectivity index (χ0v) is 17.2. The third-order valence-electron chi connectivity index (χ3n) is 4.67. The molecule has 0 aliphatic carbocycles. The van der Waals surface area contributed by atoms with Crippen molar-refractivity contribution in [3.05, 3.63) is 47.0 Å². The average Bonchev–Trinajstić information content (AvgIpc) is 2.69. The van der Waals surface area contributed by atoms with Crippen molar-refractivity contribution in [2.24, 2.45) is 0 Å². The molecule has 0 atom stereocenters. The summed E-state index contributed by atoms with van der Waals surface area (Å²) in [6, 6.07) is 10.9. The van der Waals surface area contributed by atoms with E-state index in [4.69, 9.17) is 21.1 Å². The summed E-state index contributed by atoms with van der Waals surface area (Å²) in [4.78, 5) is 15.1. The molecule has 6 heteroatoms. The van der Waals surface area contributed by atoms with E-state index in [0.717, 1.165) is 18.8 Å². The van der Waals surface area contributed by atoms with E-state index in [2.05, 4.69) is 10.2 Å². The van der Waals surface area contributed by atoms with Crippen LogP contribution in [0.4, 0.5) is 11.4 Å². The van der Waals surface area contributed by atoms with Crippen LogP contribution in [0.25, 0.3) is 0 Å². The van der Waals surface area contributed by atoms with Crippen molar-refractivity contribution in [1.29, 1.82) is 0 Å². The number of piperidine rings is 1. The Bertz CT molecular complexity index is 795. The van der Waals surface area contributed by atoms with Crippen LogP contribution in [0.2, 0.25) is 5.02 Å². The molecular formula is C22H27ClN2O3. The van der Waals surface area contributed by atoms with Crippen molar-refractivity contribution in [3.63, 3.8) is 0 Å². The van der Waals surface area contributed by atoms with E-state index in [1.54, 1.807) is 24.3 Å². The monoisotopic (exact) mass is 402 g/mol. The highest BCUT2D eigenvalue weighted by atomic mass is 35.5. The van der Waals surface area contributed by atoms with Gasteiger partial charge in [0.15, 0.2) is 0 Å². The number of hydrogen-bond acceptors (Lipinski definition) is 4. The van der Waals surface area contributed by atoms with Crippen molar-refractivity contribution in [2.75, 3.05) is 36.5 Å². The summed E-state index contributed by atoms with van der Waals surface area (Å²) in [5.74, 6) is 0.985. The van der Waals surface area contributed by atoms with Crippen molar-refractivity contribution in [2.45, 2.75) is 33.1 Å². The summed E-state index contributed by atoms with van der Waals surface area (Å²) in [7, 11) is 0. The van der Waals surface area contributed by atoms with Crippen LogP contribution in [-0.4, -0.2) is 32.2 Å². The Morgan fingerprint density at radius 1 is 1.00 bits per heavy atom. The van der Waals surface area contributed by atoms with E-state index >= 15 is 0 Å². The van der Waals surface area contributed by atoms with Crippen LogP contribution in [0.3, 0.4) is 0 Å². The smallest absolute Gasteiger partial charge is 0.255 e. The molecule has 3 rings (SSSR count). The van der Waals surface area contributed by atoms with Gasteiger partial charge in [0.05, 0.1) is 23.9 Å². The van der Waals surface area contributed by atoms with E-state index in [-0.39, 0.29) is 5.91 Å². The van der Waals surface area contributed by atoms with Crippen LogP contribution in [-0.2, 0) is 0 Å². The number of rotatable bonds is 7. The maximum absolute atomic E-state index is 12.7. The highest BCUT2D eigenvalue weighted by molar-refractivity contribution is 6.33. The second-order valence-corrected chi connectivity index (χ2v) is 7.13. The first-order chi connectivity index (χ1) is 13.6. The van der Waals surface area contributed by atoms with E-state index in [0.29, 0.717) is 41.0 Å². The Morgan fingerprint density at radius 3 is 2.21 bits per heavy atom. The van der Waals surface area contributed by atoms with Crippen LogP contribution < -0.4 is 19.7 Å². The van der Waals surface area contributed by atoms with Crippen molar-refractivity contribution in [1.82, 2.24) is 0 Å². The van der Waals surface area contributed by atoms with Crippen LogP contribution in [0.15, 0.2) is 36.4 Å². The molecule has 2 aromatic carbocycles. The van der Waals surface area contributed by atoms with Gasteiger partial charge in [0, 0.05) is 30.4 Å².